The number of aromatic amines is 1. The normalized spacial score (nSPS) is 11.6. The van der Waals surface area contributed by atoms with Crippen molar-refractivity contribution in [3.05, 3.63) is 47.4 Å². The molecule has 1 amide bonds. The molecule has 98 valence electrons. The average Bonchev–Trinajstić information content (AvgIpc) is 2.96. The van der Waals surface area contributed by atoms with E-state index >= 15 is 0 Å². The third kappa shape index (κ3) is 2.79. The van der Waals surface area contributed by atoms with Gasteiger partial charge in [-0.3, -0.25) is 10.2 Å². The van der Waals surface area contributed by atoms with Crippen LogP contribution in [0.15, 0.2) is 28.8 Å². The van der Waals surface area contributed by atoms with Gasteiger partial charge in [0.05, 0.1) is 17.6 Å². The van der Waals surface area contributed by atoms with E-state index in [4.69, 9.17) is 15.6 Å². The van der Waals surface area contributed by atoms with E-state index in [1.54, 1.807) is 18.2 Å². The van der Waals surface area contributed by atoms with Crippen molar-refractivity contribution >= 4 is 17.2 Å². The van der Waals surface area contributed by atoms with Gasteiger partial charge in [0.15, 0.2) is 11.6 Å². The van der Waals surface area contributed by atoms with Crippen LogP contribution in [0.3, 0.4) is 0 Å². The van der Waals surface area contributed by atoms with Gasteiger partial charge in [0.1, 0.15) is 5.76 Å². The summed E-state index contributed by atoms with van der Waals surface area (Å²) in [6, 6.07) is 3.54. The number of amides is 1. The van der Waals surface area contributed by atoms with Crippen molar-refractivity contribution in [2.75, 3.05) is 0 Å². The molecule has 0 atom stereocenters. The molecule has 6 heteroatoms. The Kier molecular flexibility index (Phi) is 3.33. The lowest BCUT2D eigenvalue weighted by molar-refractivity contribution is 0.0991. The minimum absolute atomic E-state index is 0.100. The van der Waals surface area contributed by atoms with Crippen molar-refractivity contribution in [2.24, 2.45) is 5.73 Å². The molecule has 2 aromatic heterocycles. The molecule has 0 unspecified atom stereocenters. The number of H-pyrrole nitrogens is 1. The van der Waals surface area contributed by atoms with Gasteiger partial charge in [-0.2, -0.15) is 0 Å². The molecule has 6 nitrogen and oxygen atoms in total. The number of nitrogens with one attached hydrogen (secondary N) is 2. The van der Waals surface area contributed by atoms with Gasteiger partial charge < -0.3 is 15.1 Å². The zero-order chi connectivity index (χ0) is 14.0. The van der Waals surface area contributed by atoms with Crippen LogP contribution in [0.5, 0.6) is 0 Å². The minimum Gasteiger partial charge on any atom is -0.460 e. The van der Waals surface area contributed by atoms with Gasteiger partial charge in [-0.05, 0) is 37.6 Å². The average molecular weight is 258 g/mol. The van der Waals surface area contributed by atoms with Crippen molar-refractivity contribution < 1.29 is 9.21 Å². The van der Waals surface area contributed by atoms with E-state index in [-0.39, 0.29) is 11.5 Å². The molecule has 0 fully saturated rings. The van der Waals surface area contributed by atoms with E-state index in [0.717, 1.165) is 11.3 Å². The number of allylic oxidation sites excluding steroid dienone is 2. The zero-order valence-electron chi connectivity index (χ0n) is 10.7. The van der Waals surface area contributed by atoms with E-state index in [9.17, 15) is 4.79 Å². The van der Waals surface area contributed by atoms with Gasteiger partial charge in [-0.15, -0.1) is 0 Å². The fourth-order valence-corrected chi connectivity index (χ4v) is 1.59. The van der Waals surface area contributed by atoms with Crippen LogP contribution in [0.2, 0.25) is 0 Å². The van der Waals surface area contributed by atoms with Gasteiger partial charge in [0.2, 0.25) is 0 Å². The highest BCUT2D eigenvalue weighted by Gasteiger charge is 2.09. The molecule has 0 aliphatic heterocycles. The van der Waals surface area contributed by atoms with Gasteiger partial charge in [0, 0.05) is 0 Å². The van der Waals surface area contributed by atoms with Crippen molar-refractivity contribution in [3.63, 3.8) is 0 Å². The first-order valence-electron chi connectivity index (χ1n) is 5.66. The molecule has 19 heavy (non-hydrogen) atoms. The van der Waals surface area contributed by atoms with Crippen LogP contribution in [0, 0.1) is 12.3 Å². The maximum Gasteiger partial charge on any atom is 0.284 e. The zero-order valence-corrected chi connectivity index (χ0v) is 10.7. The maximum atomic E-state index is 10.9. The van der Waals surface area contributed by atoms with Gasteiger partial charge in [-0.25, -0.2) is 4.98 Å². The summed E-state index contributed by atoms with van der Waals surface area (Å²) >= 11 is 0. The molecular weight excluding hydrogens is 244 g/mol. The smallest absolute Gasteiger partial charge is 0.284 e. The van der Waals surface area contributed by atoms with Crippen LogP contribution in [-0.4, -0.2) is 21.6 Å². The van der Waals surface area contributed by atoms with E-state index in [1.165, 1.54) is 6.20 Å². The Labute approximate surface area is 109 Å². The Bertz CT molecular complexity index is 664. The summed E-state index contributed by atoms with van der Waals surface area (Å²) < 4.78 is 5.36. The monoisotopic (exact) mass is 258 g/mol. The molecule has 2 rings (SSSR count). The summed E-state index contributed by atoms with van der Waals surface area (Å²) in [5.74, 6) is 0.730. The summed E-state index contributed by atoms with van der Waals surface area (Å²) in [5, 5.41) is 7.92. The number of aryl methyl sites for hydroxylation is 1. The fraction of sp³-hybridized carbons (Fsp3) is 0.154. The van der Waals surface area contributed by atoms with Crippen LogP contribution in [0.4, 0.5) is 0 Å². The molecule has 2 heterocycles. The molecule has 0 bridgehead atoms. The number of aromatic nitrogens is 2. The number of furan rings is 1. The number of carbonyl (C=O) groups is 1. The number of imidazole rings is 1. The van der Waals surface area contributed by atoms with Gasteiger partial charge in [0.25, 0.3) is 5.91 Å². The first-order valence-corrected chi connectivity index (χ1v) is 5.66. The highest BCUT2D eigenvalue weighted by atomic mass is 16.3. The van der Waals surface area contributed by atoms with Gasteiger partial charge in [-0.1, -0.05) is 0 Å². The highest BCUT2D eigenvalue weighted by molar-refractivity contribution is 6.08. The van der Waals surface area contributed by atoms with Crippen molar-refractivity contribution in [3.8, 4) is 0 Å². The summed E-state index contributed by atoms with van der Waals surface area (Å²) in [6.07, 6.45) is 3.14. The minimum atomic E-state index is -0.615. The largest absolute Gasteiger partial charge is 0.460 e. The molecule has 0 aliphatic carbocycles. The van der Waals surface area contributed by atoms with Gasteiger partial charge >= 0.3 is 0 Å². The van der Waals surface area contributed by atoms with Crippen LogP contribution >= 0.6 is 0 Å². The molecule has 0 aromatic carbocycles. The SMILES string of the molecule is C/C(=C/C(=N)c1ccc(C)o1)c1cnc(C(N)=O)[nH]1. The van der Waals surface area contributed by atoms with Crippen molar-refractivity contribution in [1.82, 2.24) is 9.97 Å². The van der Waals surface area contributed by atoms with E-state index in [0.29, 0.717) is 11.5 Å². The molecule has 2 aromatic rings. The quantitative estimate of drug-likeness (QED) is 0.728. The topological polar surface area (TPSA) is 109 Å². The third-order valence-corrected chi connectivity index (χ3v) is 2.60. The predicted molar refractivity (Wildman–Crippen MR) is 71.0 cm³/mol. The molecule has 0 spiro atoms. The lowest BCUT2D eigenvalue weighted by atomic mass is 10.1. The number of hydrogen-bond acceptors (Lipinski definition) is 4. The van der Waals surface area contributed by atoms with Crippen molar-refractivity contribution in [2.45, 2.75) is 13.8 Å². The second-order valence-electron chi connectivity index (χ2n) is 4.16. The Hall–Kier alpha value is -2.63. The Morgan fingerprint density at radius 2 is 2.26 bits per heavy atom. The number of primary amides is 1. The standard InChI is InChI=1S/C13H14N4O2/c1-7(10-6-16-13(17-10)12(15)18)5-9(14)11-4-3-8(2)19-11/h3-6,14H,1-2H3,(H2,15,18)(H,16,17)/b7-5-,14-9?. The van der Waals surface area contributed by atoms with E-state index < -0.39 is 5.91 Å². The lowest BCUT2D eigenvalue weighted by Crippen LogP contribution is -2.12. The van der Waals surface area contributed by atoms with Crippen LogP contribution in [0.25, 0.3) is 5.57 Å². The Balaban J connectivity index is 2.22. The molecule has 4 N–H and O–H groups in total. The van der Waals surface area contributed by atoms with E-state index in [2.05, 4.69) is 9.97 Å². The predicted octanol–water partition coefficient (Wildman–Crippen LogP) is 1.88. The molecular formula is C13H14N4O2. The summed E-state index contributed by atoms with van der Waals surface area (Å²) in [6.45, 7) is 3.63. The first-order chi connectivity index (χ1) is 8.97. The summed E-state index contributed by atoms with van der Waals surface area (Å²) in [5.41, 5.74) is 6.77. The second-order valence-corrected chi connectivity index (χ2v) is 4.16. The number of carbonyl (C=O) groups excluding carboxylic acids is 1. The first kappa shape index (κ1) is 12.8. The number of hydrogen-bond donors (Lipinski definition) is 3. The Morgan fingerprint density at radius 1 is 1.53 bits per heavy atom. The van der Waals surface area contributed by atoms with E-state index in [1.807, 2.05) is 13.8 Å². The fourth-order valence-electron chi connectivity index (χ4n) is 1.59. The number of rotatable bonds is 4. The molecule has 0 radical (unpaired) electrons. The highest BCUT2D eigenvalue weighted by Crippen LogP contribution is 2.14. The van der Waals surface area contributed by atoms with Crippen molar-refractivity contribution in [1.29, 1.82) is 5.41 Å². The number of nitrogens with two attached hydrogens (primary N) is 1. The molecule has 0 aliphatic rings. The van der Waals surface area contributed by atoms with Crippen LogP contribution < -0.4 is 5.73 Å². The number of nitrogens with zero attached hydrogens (tertiary/aromatic N) is 1. The summed E-state index contributed by atoms with van der Waals surface area (Å²) in [7, 11) is 0. The van der Waals surface area contributed by atoms with Crippen LogP contribution in [0.1, 0.15) is 34.8 Å². The van der Waals surface area contributed by atoms with Crippen LogP contribution in [-0.2, 0) is 0 Å². The summed E-state index contributed by atoms with van der Waals surface area (Å²) in [4.78, 5) is 17.6. The third-order valence-electron chi connectivity index (χ3n) is 2.60. The molecule has 0 saturated carbocycles. The maximum absolute atomic E-state index is 10.9. The Morgan fingerprint density at radius 3 is 2.79 bits per heavy atom. The lowest BCUT2D eigenvalue weighted by Gasteiger charge is -1.98. The second kappa shape index (κ2) is 4.93. The molecule has 0 saturated heterocycles.